The molecule has 0 amide bonds. The summed E-state index contributed by atoms with van der Waals surface area (Å²) in [7, 11) is 0. The molecule has 1 aromatic heterocycles. The maximum absolute atomic E-state index is 6.14. The normalized spacial score (nSPS) is 14.8. The first kappa shape index (κ1) is 26.7. The third-order valence-corrected chi connectivity index (χ3v) is 7.87. The van der Waals surface area contributed by atoms with Gasteiger partial charge in [0.2, 0.25) is 5.89 Å². The molecule has 0 radical (unpaired) electrons. The van der Waals surface area contributed by atoms with Gasteiger partial charge < -0.3 is 4.42 Å². The number of anilines is 1. The van der Waals surface area contributed by atoms with Crippen LogP contribution in [0.3, 0.4) is 0 Å². The van der Waals surface area contributed by atoms with Gasteiger partial charge in [-0.1, -0.05) is 121 Å². The first-order valence-electron chi connectivity index (χ1n) is 14.3. The predicted molar refractivity (Wildman–Crippen MR) is 177 cm³/mol. The molecule has 0 saturated carbocycles. The fourth-order valence-corrected chi connectivity index (χ4v) is 5.44. The average molecular weight is 578 g/mol. The Kier molecular flexibility index (Phi) is 7.43. The van der Waals surface area contributed by atoms with E-state index in [1.165, 1.54) is 5.56 Å². The van der Waals surface area contributed by atoms with Crippen molar-refractivity contribution in [2.24, 2.45) is 5.10 Å². The van der Waals surface area contributed by atoms with E-state index in [2.05, 4.69) is 82.8 Å². The molecule has 0 saturated heterocycles. The van der Waals surface area contributed by atoms with Crippen molar-refractivity contribution >= 4 is 35.2 Å². The van der Waals surface area contributed by atoms with E-state index in [9.17, 15) is 0 Å². The van der Waals surface area contributed by atoms with Crippen molar-refractivity contribution in [3.8, 4) is 22.8 Å². The SMILES string of the molecule is Clc1ccc(C2=NN(c3ccc(/C=C/c4ccc(-c5ncc(-c6ccccc6)o5)cc4)cc3)[C@H](c3ccccc3)C2)cc1. The molecule has 4 nitrogen and oxygen atoms in total. The van der Waals surface area contributed by atoms with Crippen LogP contribution in [0.2, 0.25) is 5.02 Å². The van der Waals surface area contributed by atoms with Crippen molar-refractivity contribution < 1.29 is 4.42 Å². The lowest BCUT2D eigenvalue weighted by Crippen LogP contribution is -2.18. The summed E-state index contributed by atoms with van der Waals surface area (Å²) in [6, 6.07) is 45.4. The number of halogens is 1. The highest BCUT2D eigenvalue weighted by Crippen LogP contribution is 2.37. The summed E-state index contributed by atoms with van der Waals surface area (Å²) in [6.45, 7) is 0. The highest BCUT2D eigenvalue weighted by atomic mass is 35.5. The zero-order valence-electron chi connectivity index (χ0n) is 23.3. The Labute approximate surface area is 256 Å². The molecule has 0 spiro atoms. The van der Waals surface area contributed by atoms with E-state index < -0.39 is 0 Å². The summed E-state index contributed by atoms with van der Waals surface area (Å²) < 4.78 is 6.00. The van der Waals surface area contributed by atoms with Gasteiger partial charge in [0.25, 0.3) is 0 Å². The van der Waals surface area contributed by atoms with Gasteiger partial charge >= 0.3 is 0 Å². The van der Waals surface area contributed by atoms with Crippen LogP contribution in [-0.2, 0) is 0 Å². The van der Waals surface area contributed by atoms with E-state index in [-0.39, 0.29) is 6.04 Å². The number of aromatic nitrogens is 1. The van der Waals surface area contributed by atoms with E-state index in [4.69, 9.17) is 21.1 Å². The van der Waals surface area contributed by atoms with E-state index in [0.29, 0.717) is 5.89 Å². The number of benzene rings is 5. The van der Waals surface area contributed by atoms with Crippen LogP contribution in [0.15, 0.2) is 149 Å². The maximum Gasteiger partial charge on any atom is 0.226 e. The Morgan fingerprint density at radius 2 is 1.26 bits per heavy atom. The van der Waals surface area contributed by atoms with Gasteiger partial charge in [0.05, 0.1) is 23.6 Å². The molecule has 7 rings (SSSR count). The van der Waals surface area contributed by atoms with Crippen molar-refractivity contribution in [1.29, 1.82) is 0 Å². The second-order valence-corrected chi connectivity index (χ2v) is 10.9. The fourth-order valence-electron chi connectivity index (χ4n) is 5.31. The first-order valence-corrected chi connectivity index (χ1v) is 14.6. The van der Waals surface area contributed by atoms with Crippen LogP contribution in [0.25, 0.3) is 34.9 Å². The lowest BCUT2D eigenvalue weighted by Gasteiger charge is -2.24. The van der Waals surface area contributed by atoms with E-state index in [1.54, 1.807) is 6.20 Å². The molecule has 208 valence electrons. The lowest BCUT2D eigenvalue weighted by atomic mass is 9.98. The molecule has 43 heavy (non-hydrogen) atoms. The number of nitrogens with zero attached hydrogens (tertiary/aromatic N) is 3. The summed E-state index contributed by atoms with van der Waals surface area (Å²) in [5, 5.41) is 7.93. The standard InChI is InChI=1S/C38H28ClN3O/c39-33-21-19-29(20-22-33)35-25-36(30-7-3-1-4-8-30)42(41-35)34-23-15-28(16-24-34)12-11-27-13-17-32(18-14-27)38-40-26-37(43-38)31-9-5-2-6-10-31/h1-24,26,36H,25H2/b12-11+/t36-/m0/s1. The third-order valence-electron chi connectivity index (χ3n) is 7.62. The predicted octanol–water partition coefficient (Wildman–Crippen LogP) is 10.2. The van der Waals surface area contributed by atoms with Crippen molar-refractivity contribution in [1.82, 2.24) is 4.98 Å². The minimum absolute atomic E-state index is 0.124. The van der Waals surface area contributed by atoms with Crippen LogP contribution in [-0.4, -0.2) is 10.7 Å². The van der Waals surface area contributed by atoms with Gasteiger partial charge in [0.15, 0.2) is 5.76 Å². The number of hydrazone groups is 1. The molecular formula is C38H28ClN3O. The van der Waals surface area contributed by atoms with E-state index in [1.807, 2.05) is 72.8 Å². The van der Waals surface area contributed by atoms with Crippen molar-refractivity contribution in [2.45, 2.75) is 12.5 Å². The minimum atomic E-state index is 0.124. The topological polar surface area (TPSA) is 41.6 Å². The van der Waals surface area contributed by atoms with Crippen LogP contribution in [0.4, 0.5) is 5.69 Å². The summed E-state index contributed by atoms with van der Waals surface area (Å²) in [6.07, 6.45) is 6.84. The fraction of sp³-hybridized carbons (Fsp3) is 0.0526. The van der Waals surface area contributed by atoms with Crippen molar-refractivity contribution in [3.05, 3.63) is 167 Å². The molecule has 2 heterocycles. The molecule has 1 aliphatic rings. The van der Waals surface area contributed by atoms with Gasteiger partial charge in [0.1, 0.15) is 0 Å². The molecule has 0 N–H and O–H groups in total. The van der Waals surface area contributed by atoms with Gasteiger partial charge in [-0.3, -0.25) is 5.01 Å². The van der Waals surface area contributed by atoms with Crippen LogP contribution in [0, 0.1) is 0 Å². The summed E-state index contributed by atoms with van der Waals surface area (Å²) in [5.41, 5.74) is 8.62. The van der Waals surface area contributed by atoms with Crippen LogP contribution in [0.5, 0.6) is 0 Å². The summed E-state index contributed by atoms with van der Waals surface area (Å²) in [5.74, 6) is 1.38. The number of hydrogen-bond acceptors (Lipinski definition) is 4. The Morgan fingerprint density at radius 1 is 0.651 bits per heavy atom. The summed E-state index contributed by atoms with van der Waals surface area (Å²) >= 11 is 6.14. The molecule has 0 aliphatic carbocycles. The monoisotopic (exact) mass is 577 g/mol. The Hall–Kier alpha value is -5.19. The Balaban J connectivity index is 1.07. The third kappa shape index (κ3) is 5.92. The second kappa shape index (κ2) is 12.0. The quantitative estimate of drug-likeness (QED) is 0.177. The number of hydrogen-bond donors (Lipinski definition) is 0. The second-order valence-electron chi connectivity index (χ2n) is 10.5. The van der Waals surface area contributed by atoms with E-state index in [0.717, 1.165) is 56.4 Å². The average Bonchev–Trinajstić information content (AvgIpc) is 3.75. The van der Waals surface area contributed by atoms with Crippen LogP contribution in [0.1, 0.15) is 34.7 Å². The maximum atomic E-state index is 6.14. The minimum Gasteiger partial charge on any atom is -0.436 e. The highest BCUT2D eigenvalue weighted by molar-refractivity contribution is 6.30. The van der Waals surface area contributed by atoms with Gasteiger partial charge in [-0.05, 0) is 58.7 Å². The lowest BCUT2D eigenvalue weighted by molar-refractivity contribution is 0.589. The first-order chi connectivity index (χ1) is 21.2. The van der Waals surface area contributed by atoms with Crippen LogP contribution >= 0.6 is 11.6 Å². The summed E-state index contributed by atoms with van der Waals surface area (Å²) in [4.78, 5) is 4.47. The molecule has 1 aliphatic heterocycles. The molecule has 1 atom stereocenters. The molecule has 0 fully saturated rings. The van der Waals surface area contributed by atoms with Gasteiger partial charge in [-0.25, -0.2) is 4.98 Å². The van der Waals surface area contributed by atoms with Crippen molar-refractivity contribution in [2.75, 3.05) is 5.01 Å². The van der Waals surface area contributed by atoms with Gasteiger partial charge in [-0.2, -0.15) is 5.10 Å². The Morgan fingerprint density at radius 3 is 1.93 bits per heavy atom. The smallest absolute Gasteiger partial charge is 0.226 e. The molecule has 0 unspecified atom stereocenters. The van der Waals surface area contributed by atoms with Gasteiger partial charge in [-0.15, -0.1) is 0 Å². The molecular weight excluding hydrogens is 550 g/mol. The molecule has 6 aromatic rings. The van der Waals surface area contributed by atoms with Crippen molar-refractivity contribution in [3.63, 3.8) is 0 Å². The highest BCUT2D eigenvalue weighted by Gasteiger charge is 2.29. The van der Waals surface area contributed by atoms with Gasteiger partial charge in [0, 0.05) is 22.6 Å². The zero-order chi connectivity index (χ0) is 29.0. The van der Waals surface area contributed by atoms with Crippen LogP contribution < -0.4 is 5.01 Å². The zero-order valence-corrected chi connectivity index (χ0v) is 24.1. The largest absolute Gasteiger partial charge is 0.436 e. The molecule has 5 heteroatoms. The Bertz CT molecular complexity index is 1880. The number of rotatable bonds is 7. The molecule has 0 bridgehead atoms. The van der Waals surface area contributed by atoms with E-state index >= 15 is 0 Å². The number of oxazole rings is 1. The molecule has 5 aromatic carbocycles.